The van der Waals surface area contributed by atoms with E-state index >= 15 is 0 Å². The van der Waals surface area contributed by atoms with E-state index in [1.165, 1.54) is 11.3 Å². The second-order valence-electron chi connectivity index (χ2n) is 5.53. The number of nitrogens with one attached hydrogen (secondary N) is 1. The molecular weight excluding hydrogens is 325 g/mol. The minimum absolute atomic E-state index is 0.142. The second kappa shape index (κ2) is 5.31. The maximum atomic E-state index is 13.4. The first-order valence-corrected chi connectivity index (χ1v) is 8.13. The molecule has 3 aromatic heterocycles. The monoisotopic (exact) mass is 338 g/mol. The van der Waals surface area contributed by atoms with Crippen molar-refractivity contribution >= 4 is 17.0 Å². The summed E-state index contributed by atoms with van der Waals surface area (Å²) in [4.78, 5) is 5.09. The highest BCUT2D eigenvalue weighted by atomic mass is 32.1. The number of nitrogens with zero attached hydrogens (tertiary/aromatic N) is 3. The Morgan fingerprint density at radius 2 is 2.17 bits per heavy atom. The molecule has 4 rings (SSSR count). The van der Waals surface area contributed by atoms with Gasteiger partial charge in [-0.15, -0.1) is 11.3 Å². The largest absolute Gasteiger partial charge is 0.433 e. The van der Waals surface area contributed by atoms with Gasteiger partial charge in [0.1, 0.15) is 0 Å². The zero-order valence-electron chi connectivity index (χ0n) is 12.0. The molecule has 1 atom stereocenters. The number of alkyl halides is 3. The van der Waals surface area contributed by atoms with E-state index in [1.54, 1.807) is 18.2 Å². The Labute approximate surface area is 134 Å². The van der Waals surface area contributed by atoms with Gasteiger partial charge in [0.05, 0.1) is 16.3 Å². The third kappa shape index (κ3) is 2.61. The molecule has 23 heavy (non-hydrogen) atoms. The fourth-order valence-electron chi connectivity index (χ4n) is 2.85. The maximum Gasteiger partial charge on any atom is 0.433 e. The Hall–Kier alpha value is -1.93. The van der Waals surface area contributed by atoms with Gasteiger partial charge in [0.2, 0.25) is 0 Å². The van der Waals surface area contributed by atoms with Crippen molar-refractivity contribution in [1.82, 2.24) is 19.9 Å². The normalized spacial score (nSPS) is 18.8. The van der Waals surface area contributed by atoms with Crippen LogP contribution in [0.4, 0.5) is 13.2 Å². The van der Waals surface area contributed by atoms with Crippen molar-refractivity contribution < 1.29 is 13.2 Å². The van der Waals surface area contributed by atoms with Crippen LogP contribution >= 0.6 is 11.3 Å². The first kappa shape index (κ1) is 14.6. The average molecular weight is 338 g/mol. The highest BCUT2D eigenvalue weighted by Gasteiger charge is 2.36. The summed E-state index contributed by atoms with van der Waals surface area (Å²) in [7, 11) is 0. The van der Waals surface area contributed by atoms with Crippen LogP contribution in [-0.4, -0.2) is 27.7 Å². The number of thiophene rings is 1. The van der Waals surface area contributed by atoms with Crippen molar-refractivity contribution in [3.63, 3.8) is 0 Å². The van der Waals surface area contributed by atoms with E-state index in [0.29, 0.717) is 16.3 Å². The van der Waals surface area contributed by atoms with Crippen LogP contribution in [0, 0.1) is 0 Å². The van der Waals surface area contributed by atoms with Crippen LogP contribution in [0.2, 0.25) is 0 Å². The minimum Gasteiger partial charge on any atom is -0.316 e. The van der Waals surface area contributed by atoms with Crippen LogP contribution in [0.15, 0.2) is 29.6 Å². The predicted octanol–water partition coefficient (Wildman–Crippen LogP) is 3.55. The molecule has 1 N–H and O–H groups in total. The first-order chi connectivity index (χ1) is 11.0. The summed E-state index contributed by atoms with van der Waals surface area (Å²) in [6.45, 7) is 1.60. The lowest BCUT2D eigenvalue weighted by Crippen LogP contribution is -2.14. The van der Waals surface area contributed by atoms with E-state index in [-0.39, 0.29) is 11.6 Å². The number of fused-ring (bicyclic) bond motifs is 1. The number of hydrogen-bond acceptors (Lipinski definition) is 4. The molecule has 0 spiro atoms. The summed E-state index contributed by atoms with van der Waals surface area (Å²) in [6, 6.07) is 6.31. The summed E-state index contributed by atoms with van der Waals surface area (Å²) < 4.78 is 41.2. The van der Waals surface area contributed by atoms with E-state index in [4.69, 9.17) is 0 Å². The Morgan fingerprint density at radius 3 is 2.83 bits per heavy atom. The van der Waals surface area contributed by atoms with Gasteiger partial charge in [-0.2, -0.15) is 18.3 Å². The number of aromatic nitrogens is 3. The highest BCUT2D eigenvalue weighted by Crippen LogP contribution is 2.34. The van der Waals surface area contributed by atoms with Gasteiger partial charge in [0.25, 0.3) is 0 Å². The third-order valence-corrected chi connectivity index (χ3v) is 4.88. The van der Waals surface area contributed by atoms with E-state index in [2.05, 4.69) is 15.4 Å². The molecule has 1 aliphatic rings. The first-order valence-electron chi connectivity index (χ1n) is 7.25. The number of halogens is 3. The lowest BCUT2D eigenvalue weighted by atomic mass is 10.1. The van der Waals surface area contributed by atoms with E-state index < -0.39 is 11.9 Å². The van der Waals surface area contributed by atoms with Gasteiger partial charge in [-0.05, 0) is 30.5 Å². The van der Waals surface area contributed by atoms with Crippen molar-refractivity contribution in [2.45, 2.75) is 18.5 Å². The summed E-state index contributed by atoms with van der Waals surface area (Å²) in [6.07, 6.45) is -3.60. The molecule has 1 fully saturated rings. The van der Waals surface area contributed by atoms with Crippen molar-refractivity contribution in [2.24, 2.45) is 0 Å². The highest BCUT2D eigenvalue weighted by molar-refractivity contribution is 7.13. The molecule has 1 unspecified atom stereocenters. The summed E-state index contributed by atoms with van der Waals surface area (Å²) in [5.41, 5.74) is 0.445. The fourth-order valence-corrected chi connectivity index (χ4v) is 3.54. The molecule has 4 heterocycles. The molecular formula is C15H13F3N4S. The van der Waals surface area contributed by atoms with Gasteiger partial charge < -0.3 is 5.32 Å². The standard InChI is InChI=1S/C15H13F3N4S/c16-15(17,18)13-6-11(12-2-1-5-23-12)20-14-7-10(21-22(13)14)9-3-4-19-8-9/h1-2,5-7,9,19H,3-4,8H2. The van der Waals surface area contributed by atoms with E-state index in [9.17, 15) is 13.2 Å². The maximum absolute atomic E-state index is 13.4. The topological polar surface area (TPSA) is 42.2 Å². The van der Waals surface area contributed by atoms with E-state index in [0.717, 1.165) is 30.1 Å². The van der Waals surface area contributed by atoms with Gasteiger partial charge in [-0.25, -0.2) is 9.50 Å². The second-order valence-corrected chi connectivity index (χ2v) is 6.48. The zero-order valence-corrected chi connectivity index (χ0v) is 12.8. The summed E-state index contributed by atoms with van der Waals surface area (Å²) in [5, 5.41) is 9.20. The van der Waals surface area contributed by atoms with Gasteiger partial charge in [-0.3, -0.25) is 0 Å². The van der Waals surface area contributed by atoms with Gasteiger partial charge in [-0.1, -0.05) is 6.07 Å². The Bertz CT molecular complexity index is 832. The lowest BCUT2D eigenvalue weighted by Gasteiger charge is -2.10. The van der Waals surface area contributed by atoms with E-state index in [1.807, 2.05) is 5.38 Å². The predicted molar refractivity (Wildman–Crippen MR) is 81.5 cm³/mol. The van der Waals surface area contributed by atoms with Crippen molar-refractivity contribution in [1.29, 1.82) is 0 Å². The third-order valence-electron chi connectivity index (χ3n) is 3.99. The smallest absolute Gasteiger partial charge is 0.316 e. The van der Waals surface area contributed by atoms with Crippen molar-refractivity contribution in [3.8, 4) is 10.6 Å². The van der Waals surface area contributed by atoms with Crippen molar-refractivity contribution in [2.75, 3.05) is 13.1 Å². The van der Waals surface area contributed by atoms with Gasteiger partial charge in [0, 0.05) is 18.5 Å². The average Bonchev–Trinajstić information content (AvgIpc) is 3.24. The zero-order chi connectivity index (χ0) is 16.0. The van der Waals surface area contributed by atoms with Crippen molar-refractivity contribution in [3.05, 3.63) is 41.0 Å². The molecule has 0 radical (unpaired) electrons. The van der Waals surface area contributed by atoms with Gasteiger partial charge in [0.15, 0.2) is 11.3 Å². The molecule has 1 saturated heterocycles. The van der Waals surface area contributed by atoms with Gasteiger partial charge >= 0.3 is 6.18 Å². The summed E-state index contributed by atoms with van der Waals surface area (Å²) >= 11 is 1.37. The van der Waals surface area contributed by atoms with Crippen LogP contribution in [0.1, 0.15) is 23.7 Å². The Morgan fingerprint density at radius 1 is 1.30 bits per heavy atom. The SMILES string of the molecule is FC(F)(F)c1cc(-c2cccs2)nc2cc(C3CCNC3)nn12. The number of rotatable bonds is 2. The Kier molecular flexibility index (Phi) is 3.38. The molecule has 8 heteroatoms. The lowest BCUT2D eigenvalue weighted by molar-refractivity contribution is -0.142. The number of hydrogen-bond donors (Lipinski definition) is 1. The molecule has 1 aliphatic heterocycles. The molecule has 0 aliphatic carbocycles. The molecule has 0 aromatic carbocycles. The van der Waals surface area contributed by atoms with Crippen LogP contribution in [-0.2, 0) is 6.18 Å². The van der Waals surface area contributed by atoms with Crippen LogP contribution in [0.25, 0.3) is 16.2 Å². The fraction of sp³-hybridized carbons (Fsp3) is 0.333. The minimum atomic E-state index is -4.48. The van der Waals surface area contributed by atoms with Crippen LogP contribution < -0.4 is 5.32 Å². The van der Waals surface area contributed by atoms with Crippen LogP contribution in [0.5, 0.6) is 0 Å². The summed E-state index contributed by atoms with van der Waals surface area (Å²) in [5.74, 6) is 0.142. The molecule has 0 saturated carbocycles. The molecule has 4 nitrogen and oxygen atoms in total. The quantitative estimate of drug-likeness (QED) is 0.777. The molecule has 3 aromatic rings. The molecule has 0 amide bonds. The molecule has 120 valence electrons. The van der Waals surface area contributed by atoms with Crippen LogP contribution in [0.3, 0.4) is 0 Å². The Balaban J connectivity index is 1.91. The molecule has 0 bridgehead atoms.